The molecule has 1 saturated heterocycles. The van der Waals surface area contributed by atoms with E-state index in [2.05, 4.69) is 5.32 Å². The van der Waals surface area contributed by atoms with Crippen LogP contribution in [-0.2, 0) is 4.79 Å². The molecule has 0 saturated carbocycles. The van der Waals surface area contributed by atoms with Crippen LogP contribution in [0, 0.1) is 0 Å². The van der Waals surface area contributed by atoms with Gasteiger partial charge in [0, 0.05) is 20.0 Å². The van der Waals surface area contributed by atoms with Crippen LogP contribution in [0.2, 0.25) is 0 Å². The summed E-state index contributed by atoms with van der Waals surface area (Å²) in [6, 6.07) is 0. The van der Waals surface area contributed by atoms with Crippen LogP contribution in [0.25, 0.3) is 0 Å². The van der Waals surface area contributed by atoms with Crippen molar-refractivity contribution in [2.75, 3.05) is 13.1 Å². The second-order valence-corrected chi connectivity index (χ2v) is 0.954. The van der Waals surface area contributed by atoms with Gasteiger partial charge in [-0.2, -0.15) is 0 Å². The average molecular weight is 86.1 g/mol. The van der Waals surface area contributed by atoms with Crippen molar-refractivity contribution in [3.63, 3.8) is 0 Å². The fourth-order valence-electron chi connectivity index (χ4n) is 0. The van der Waals surface area contributed by atoms with Crippen molar-refractivity contribution in [1.82, 2.24) is 5.32 Å². The summed E-state index contributed by atoms with van der Waals surface area (Å²) in [6.45, 7) is 3.82. The first-order valence-electron chi connectivity index (χ1n) is 1.91. The van der Waals surface area contributed by atoms with Gasteiger partial charge in [-0.25, -0.2) is 0 Å². The minimum absolute atomic E-state index is 1.25. The van der Waals surface area contributed by atoms with Gasteiger partial charge in [0.25, 0.3) is 0 Å². The van der Waals surface area contributed by atoms with E-state index in [1.54, 1.807) is 0 Å². The lowest BCUT2D eigenvalue weighted by Gasteiger charge is -1.21. The van der Waals surface area contributed by atoms with Crippen LogP contribution < -0.4 is 5.32 Å². The first-order chi connectivity index (χ1) is 2.91. The summed E-state index contributed by atoms with van der Waals surface area (Å²) in [5.74, 6) is 0. The quantitative estimate of drug-likeness (QED) is 0.411. The van der Waals surface area contributed by atoms with E-state index in [0.29, 0.717) is 0 Å². The molecule has 2 nitrogen and oxygen atoms in total. The molecule has 0 unspecified atom stereocenters. The fourth-order valence-corrected chi connectivity index (χ4v) is 0. The summed E-state index contributed by atoms with van der Waals surface area (Å²) >= 11 is 0. The van der Waals surface area contributed by atoms with E-state index < -0.39 is 0 Å². The molecule has 0 aromatic rings. The minimum Gasteiger partial charge on any atom is -0.314 e. The standard InChI is InChI=1S/C2H5N.C2H3O/c1-2-3-1;1-2-3/h3H,1-2H2;1H3. The second kappa shape index (κ2) is 4.63. The van der Waals surface area contributed by atoms with Crippen molar-refractivity contribution in [3.8, 4) is 0 Å². The Labute approximate surface area is 37.5 Å². The van der Waals surface area contributed by atoms with Crippen LogP contribution in [0.3, 0.4) is 0 Å². The lowest BCUT2D eigenvalue weighted by molar-refractivity contribution is 0.560. The zero-order valence-corrected chi connectivity index (χ0v) is 3.82. The molecule has 0 aromatic heterocycles. The Kier molecular flexibility index (Phi) is 4.34. The van der Waals surface area contributed by atoms with E-state index in [-0.39, 0.29) is 0 Å². The number of carbonyl (C=O) groups excluding carboxylic acids is 1. The largest absolute Gasteiger partial charge is 0.314 e. The molecule has 1 radical (unpaired) electrons. The van der Waals surface area contributed by atoms with Gasteiger partial charge in [-0.1, -0.05) is 0 Å². The summed E-state index contributed by atoms with van der Waals surface area (Å²) in [7, 11) is 0. The minimum atomic E-state index is 1.25. The molecular formula is C4H8NO. The van der Waals surface area contributed by atoms with E-state index in [0.717, 1.165) is 0 Å². The van der Waals surface area contributed by atoms with Gasteiger partial charge >= 0.3 is 0 Å². The van der Waals surface area contributed by atoms with Crippen LogP contribution in [0.1, 0.15) is 6.92 Å². The molecule has 1 aliphatic rings. The Morgan fingerprint density at radius 2 is 1.83 bits per heavy atom. The molecular weight excluding hydrogens is 78.0 g/mol. The average Bonchev–Trinajstić information content (AvgIpc) is 2.11. The van der Waals surface area contributed by atoms with Gasteiger partial charge in [0.1, 0.15) is 0 Å². The summed E-state index contributed by atoms with van der Waals surface area (Å²) in [5, 5.41) is 3.00. The van der Waals surface area contributed by atoms with Crippen LogP contribution in [0.5, 0.6) is 0 Å². The number of rotatable bonds is 0. The number of hydrogen-bond acceptors (Lipinski definition) is 2. The highest BCUT2D eigenvalue weighted by atomic mass is 16.1. The van der Waals surface area contributed by atoms with Gasteiger partial charge in [-0.05, 0) is 0 Å². The molecule has 0 bridgehead atoms. The monoisotopic (exact) mass is 86.1 g/mol. The smallest absolute Gasteiger partial charge is 0.195 e. The normalized spacial score (nSPS) is 14.2. The summed E-state index contributed by atoms with van der Waals surface area (Å²) in [6.07, 6.45) is 1.50. The molecule has 1 rings (SSSR count). The van der Waals surface area contributed by atoms with Gasteiger partial charge in [0.2, 0.25) is 0 Å². The predicted octanol–water partition coefficient (Wildman–Crippen LogP) is -0.294. The molecule has 1 N–H and O–H groups in total. The molecule has 6 heavy (non-hydrogen) atoms. The Bertz CT molecular complexity index is 31.8. The molecule has 2 heteroatoms. The van der Waals surface area contributed by atoms with Crippen molar-refractivity contribution in [3.05, 3.63) is 0 Å². The topological polar surface area (TPSA) is 39.0 Å². The van der Waals surface area contributed by atoms with Crippen molar-refractivity contribution in [2.24, 2.45) is 0 Å². The maximum Gasteiger partial charge on any atom is 0.195 e. The Morgan fingerprint density at radius 1 is 1.67 bits per heavy atom. The van der Waals surface area contributed by atoms with Crippen molar-refractivity contribution in [2.45, 2.75) is 6.92 Å². The fraction of sp³-hybridized carbons (Fsp3) is 0.750. The third kappa shape index (κ3) is 63.3. The van der Waals surface area contributed by atoms with Gasteiger partial charge in [-0.3, -0.25) is 4.79 Å². The van der Waals surface area contributed by atoms with E-state index in [1.165, 1.54) is 26.3 Å². The van der Waals surface area contributed by atoms with Gasteiger partial charge in [-0.15, -0.1) is 0 Å². The zero-order chi connectivity index (χ0) is 4.83. The van der Waals surface area contributed by atoms with E-state index >= 15 is 0 Å². The molecule has 0 amide bonds. The number of hydrogen-bond donors (Lipinski definition) is 1. The lowest BCUT2D eigenvalue weighted by Crippen LogP contribution is -1.56. The molecule has 0 aliphatic carbocycles. The van der Waals surface area contributed by atoms with Crippen LogP contribution in [-0.4, -0.2) is 19.4 Å². The zero-order valence-electron chi connectivity index (χ0n) is 3.82. The van der Waals surface area contributed by atoms with Crippen molar-refractivity contribution < 1.29 is 4.79 Å². The van der Waals surface area contributed by atoms with E-state index in [9.17, 15) is 0 Å². The third-order valence-corrected chi connectivity index (χ3v) is 0.250. The van der Waals surface area contributed by atoms with Gasteiger partial charge in [0.05, 0.1) is 0 Å². The van der Waals surface area contributed by atoms with Gasteiger partial charge < -0.3 is 5.32 Å². The predicted molar refractivity (Wildman–Crippen MR) is 24.2 cm³/mol. The van der Waals surface area contributed by atoms with Crippen LogP contribution in [0.15, 0.2) is 0 Å². The van der Waals surface area contributed by atoms with Gasteiger partial charge in [0.15, 0.2) is 6.29 Å². The van der Waals surface area contributed by atoms with Crippen LogP contribution >= 0.6 is 0 Å². The Balaban J connectivity index is 0.0000000833. The highest BCUT2D eigenvalue weighted by molar-refractivity contribution is 5.45. The molecule has 0 spiro atoms. The molecule has 1 heterocycles. The lowest BCUT2D eigenvalue weighted by atomic mass is 11.0. The molecule has 1 fully saturated rings. The van der Waals surface area contributed by atoms with Crippen molar-refractivity contribution in [1.29, 1.82) is 0 Å². The first-order valence-corrected chi connectivity index (χ1v) is 1.91. The molecule has 1 aliphatic heterocycles. The van der Waals surface area contributed by atoms with E-state index in [4.69, 9.17) is 4.79 Å². The van der Waals surface area contributed by atoms with Crippen molar-refractivity contribution >= 4 is 6.29 Å². The summed E-state index contributed by atoms with van der Waals surface area (Å²) in [5.41, 5.74) is 0. The molecule has 0 atom stereocenters. The Morgan fingerprint density at radius 3 is 1.83 bits per heavy atom. The highest BCUT2D eigenvalue weighted by Crippen LogP contribution is 1.65. The maximum atomic E-state index is 8.68. The highest BCUT2D eigenvalue weighted by Gasteiger charge is 1.91. The third-order valence-electron chi connectivity index (χ3n) is 0.250. The Hall–Kier alpha value is -0.370. The summed E-state index contributed by atoms with van der Waals surface area (Å²) < 4.78 is 0. The van der Waals surface area contributed by atoms with E-state index in [1.807, 2.05) is 0 Å². The molecule has 35 valence electrons. The second-order valence-electron chi connectivity index (χ2n) is 0.954. The molecule has 0 aromatic carbocycles. The maximum absolute atomic E-state index is 8.68. The van der Waals surface area contributed by atoms with Crippen LogP contribution in [0.4, 0.5) is 0 Å². The number of nitrogens with one attached hydrogen (secondary N) is 1. The first kappa shape index (κ1) is 5.63. The SMILES string of the molecule is C1CN1.C[C]=O. The summed E-state index contributed by atoms with van der Waals surface area (Å²) in [4.78, 5) is 8.68.